The van der Waals surface area contributed by atoms with Crippen molar-refractivity contribution in [2.45, 2.75) is 34.6 Å². The molecule has 5 heterocycles. The summed E-state index contributed by atoms with van der Waals surface area (Å²) in [5.41, 5.74) is 32.6. The maximum Gasteiger partial charge on any atom is 0.164 e. The number of aryl methyl sites for hydroxylation is 5. The predicted octanol–water partition coefficient (Wildman–Crippen LogP) is 29.5. The average molecular weight is 1610 g/mol. The van der Waals surface area contributed by atoms with Gasteiger partial charge in [0.25, 0.3) is 0 Å². The second kappa shape index (κ2) is 40.7. The molecule has 600 valence electrons. The molecule has 0 N–H and O–H groups in total. The van der Waals surface area contributed by atoms with Gasteiger partial charge in [0.05, 0.1) is 45.6 Å². The SMILES string of the molecule is Cc1cccc(-c2cc(-c3ccccc3)cc(-c3ccccc3)n2)c1.Cc1cccc(-c2cc(-c3ccccc3)nc(-c3ccccc3)c2)c1.Cc1cccc(-c2cc(-c3ccccc3)nc(-c3ccccc3)n2)c1.Cc1cccc(-c2nc(-c3ccccc3)cc(-c3ccccc3)n2)c1.Cc1cccc(-c2nc(-c3ccccc3)nc(-c3ccccc3)n2)c1. The van der Waals surface area contributed by atoms with Gasteiger partial charge in [0.1, 0.15) is 0 Å². The van der Waals surface area contributed by atoms with Crippen LogP contribution in [0.15, 0.2) is 461 Å². The van der Waals surface area contributed by atoms with Crippen molar-refractivity contribution in [3.8, 4) is 169 Å². The Labute approximate surface area is 732 Å². The third-order valence-corrected chi connectivity index (χ3v) is 20.9. The third-order valence-electron chi connectivity index (χ3n) is 20.9. The van der Waals surface area contributed by atoms with Crippen molar-refractivity contribution in [3.63, 3.8) is 0 Å². The molecule has 20 aromatic rings. The lowest BCUT2D eigenvalue weighted by molar-refractivity contribution is 1.07. The van der Waals surface area contributed by atoms with Gasteiger partial charge in [0.15, 0.2) is 29.1 Å². The molecule has 0 saturated heterocycles. The van der Waals surface area contributed by atoms with Gasteiger partial charge >= 0.3 is 0 Å². The van der Waals surface area contributed by atoms with Crippen molar-refractivity contribution in [2.75, 3.05) is 0 Å². The van der Waals surface area contributed by atoms with E-state index in [1.54, 1.807) is 0 Å². The maximum atomic E-state index is 4.94. The van der Waals surface area contributed by atoms with Crippen molar-refractivity contribution in [3.05, 3.63) is 489 Å². The van der Waals surface area contributed by atoms with Gasteiger partial charge in [-0.05, 0) is 118 Å². The number of nitrogens with zero attached hydrogens (tertiary/aromatic N) is 9. The van der Waals surface area contributed by atoms with Crippen LogP contribution < -0.4 is 0 Å². The van der Waals surface area contributed by atoms with Crippen LogP contribution in [-0.2, 0) is 0 Å². The summed E-state index contributed by atoms with van der Waals surface area (Å²) in [7, 11) is 0. The molecule has 0 amide bonds. The second-order valence-electron chi connectivity index (χ2n) is 30.5. The zero-order valence-electron chi connectivity index (χ0n) is 70.4. The Kier molecular flexibility index (Phi) is 26.8. The van der Waals surface area contributed by atoms with Crippen LogP contribution in [0.4, 0.5) is 0 Å². The average Bonchev–Trinajstić information content (AvgIpc) is 0.822. The zero-order chi connectivity index (χ0) is 85.3. The Balaban J connectivity index is 0.000000115. The zero-order valence-corrected chi connectivity index (χ0v) is 70.4. The van der Waals surface area contributed by atoms with Crippen molar-refractivity contribution >= 4 is 0 Å². The van der Waals surface area contributed by atoms with Crippen molar-refractivity contribution in [1.82, 2.24) is 44.9 Å². The molecule has 125 heavy (non-hydrogen) atoms. The van der Waals surface area contributed by atoms with Gasteiger partial charge in [-0.15, -0.1) is 0 Å². The van der Waals surface area contributed by atoms with Gasteiger partial charge in [-0.1, -0.05) is 428 Å². The van der Waals surface area contributed by atoms with Gasteiger partial charge in [0, 0.05) is 72.3 Å². The molecular weight excluding hydrogens is 1520 g/mol. The van der Waals surface area contributed by atoms with E-state index in [0.29, 0.717) is 17.5 Å². The Morgan fingerprint density at radius 2 is 0.272 bits per heavy atom. The van der Waals surface area contributed by atoms with Crippen molar-refractivity contribution in [2.24, 2.45) is 0 Å². The summed E-state index contributed by atoms with van der Waals surface area (Å²) in [6.07, 6.45) is 0. The van der Waals surface area contributed by atoms with Gasteiger partial charge in [-0.3, -0.25) is 0 Å². The molecule has 20 rings (SSSR count). The third kappa shape index (κ3) is 22.1. The molecule has 0 bridgehead atoms. The lowest BCUT2D eigenvalue weighted by atomic mass is 9.99. The molecule has 5 aromatic heterocycles. The maximum absolute atomic E-state index is 4.94. The topological polar surface area (TPSA) is 116 Å². The first-order valence-electron chi connectivity index (χ1n) is 42.0. The van der Waals surface area contributed by atoms with E-state index >= 15 is 0 Å². The molecule has 0 saturated carbocycles. The van der Waals surface area contributed by atoms with Crippen LogP contribution in [-0.4, -0.2) is 44.9 Å². The summed E-state index contributed by atoms with van der Waals surface area (Å²) in [5.74, 6) is 3.57. The van der Waals surface area contributed by atoms with E-state index in [-0.39, 0.29) is 0 Å². The largest absolute Gasteiger partial charge is 0.248 e. The van der Waals surface area contributed by atoms with E-state index < -0.39 is 0 Å². The Hall–Kier alpha value is -16.2. The van der Waals surface area contributed by atoms with E-state index in [1.807, 2.05) is 188 Å². The molecule has 0 aliphatic heterocycles. The van der Waals surface area contributed by atoms with Gasteiger partial charge in [-0.25, -0.2) is 44.9 Å². The summed E-state index contributed by atoms with van der Waals surface area (Å²) < 4.78 is 0. The summed E-state index contributed by atoms with van der Waals surface area (Å²) in [6, 6.07) is 157. The number of aromatic nitrogens is 9. The molecule has 0 radical (unpaired) electrons. The van der Waals surface area contributed by atoms with Crippen LogP contribution in [0.1, 0.15) is 27.8 Å². The second-order valence-corrected chi connectivity index (χ2v) is 30.5. The van der Waals surface area contributed by atoms with Crippen molar-refractivity contribution < 1.29 is 0 Å². The molecule has 0 atom stereocenters. The van der Waals surface area contributed by atoms with E-state index in [0.717, 1.165) is 130 Å². The summed E-state index contributed by atoms with van der Waals surface area (Å²) in [5, 5.41) is 0. The molecule has 9 nitrogen and oxygen atoms in total. The predicted molar refractivity (Wildman–Crippen MR) is 518 cm³/mol. The van der Waals surface area contributed by atoms with Crippen LogP contribution in [0.25, 0.3) is 169 Å². The summed E-state index contributed by atoms with van der Waals surface area (Å²) in [4.78, 5) is 43.3. The van der Waals surface area contributed by atoms with Crippen molar-refractivity contribution in [1.29, 1.82) is 0 Å². The molecule has 0 aliphatic rings. The number of pyridine rings is 2. The Bertz CT molecular complexity index is 5650. The van der Waals surface area contributed by atoms with E-state index in [2.05, 4.69) is 308 Å². The molecule has 0 unspecified atom stereocenters. The van der Waals surface area contributed by atoms with Crippen LogP contribution in [0.2, 0.25) is 0 Å². The summed E-state index contributed by atoms with van der Waals surface area (Å²) >= 11 is 0. The minimum atomic E-state index is 0.686. The lowest BCUT2D eigenvalue weighted by Gasteiger charge is -2.10. The summed E-state index contributed by atoms with van der Waals surface area (Å²) in [6.45, 7) is 10.5. The Morgan fingerprint density at radius 3 is 0.544 bits per heavy atom. The van der Waals surface area contributed by atoms with E-state index in [1.165, 1.54) is 50.1 Å². The molecule has 9 heteroatoms. The first kappa shape index (κ1) is 82.5. The smallest absolute Gasteiger partial charge is 0.164 e. The highest BCUT2D eigenvalue weighted by molar-refractivity contribution is 5.80. The quantitative estimate of drug-likeness (QED) is 0.0989. The monoisotopic (exact) mass is 1610 g/mol. The van der Waals surface area contributed by atoms with Crippen LogP contribution in [0.5, 0.6) is 0 Å². The first-order valence-corrected chi connectivity index (χ1v) is 42.0. The van der Waals surface area contributed by atoms with Gasteiger partial charge < -0.3 is 0 Å². The highest BCUT2D eigenvalue weighted by Crippen LogP contribution is 2.36. The fourth-order valence-corrected chi connectivity index (χ4v) is 14.5. The van der Waals surface area contributed by atoms with Crippen LogP contribution in [0.3, 0.4) is 0 Å². The van der Waals surface area contributed by atoms with Gasteiger partial charge in [0.2, 0.25) is 0 Å². The van der Waals surface area contributed by atoms with Crippen LogP contribution >= 0.6 is 0 Å². The molecule has 15 aromatic carbocycles. The first-order chi connectivity index (χ1) is 61.5. The number of hydrogen-bond donors (Lipinski definition) is 0. The van der Waals surface area contributed by atoms with Gasteiger partial charge in [-0.2, -0.15) is 0 Å². The number of hydrogen-bond acceptors (Lipinski definition) is 9. The molecule has 0 aliphatic carbocycles. The highest BCUT2D eigenvalue weighted by Gasteiger charge is 2.17. The minimum absolute atomic E-state index is 0.686. The number of rotatable bonds is 15. The highest BCUT2D eigenvalue weighted by atomic mass is 15.0. The fourth-order valence-electron chi connectivity index (χ4n) is 14.5. The fraction of sp³-hybridized carbons (Fsp3) is 0.0431. The molecule has 0 fully saturated rings. The Morgan fingerprint density at radius 1 is 0.104 bits per heavy atom. The molecule has 0 spiro atoms. The molecular formula is C116H91N9. The number of benzene rings is 15. The normalized spacial score (nSPS) is 10.6. The minimum Gasteiger partial charge on any atom is -0.248 e. The van der Waals surface area contributed by atoms with E-state index in [9.17, 15) is 0 Å². The standard InChI is InChI=1S/2C24H19N.2C23H18N2.C22H17N3/c1-18-9-8-14-21(15-18)22-16-23(19-10-4-2-5-11-19)25-24(17-22)20-12-6-3-7-13-20;1-18-9-8-14-21(15-18)24-17-22(19-10-4-2-5-11-19)16-23(25-24)20-12-6-3-7-13-20;1-17-9-8-14-20(15-17)22-16-21(18-10-4-2-5-11-18)24-23(25-22)19-12-6-3-7-13-19;1-17-9-8-14-20(15-17)23-24-21(18-10-4-2-5-11-18)16-22(25-23)19-12-6-3-7-13-19;1-16-9-8-14-19(15-16)22-24-20(17-10-4-2-5-11-17)23-21(25-22)18-12-6-3-7-13-18/h2*2-17H,1H3;2*2-16H,1H3;2-15H,1H3. The van der Waals surface area contributed by atoms with E-state index in [4.69, 9.17) is 44.9 Å². The lowest BCUT2D eigenvalue weighted by Crippen LogP contribution is -2.00. The van der Waals surface area contributed by atoms with Crippen LogP contribution in [0, 0.1) is 34.6 Å².